The van der Waals surface area contributed by atoms with Gasteiger partial charge in [-0.3, -0.25) is 9.59 Å². The van der Waals surface area contributed by atoms with Gasteiger partial charge >= 0.3 is 17.9 Å². The molecule has 26 heavy (non-hydrogen) atoms. The zero-order valence-electron chi connectivity index (χ0n) is 15.1. The number of carboxylic acids is 2. The van der Waals surface area contributed by atoms with Crippen molar-refractivity contribution < 1.29 is 34.4 Å². The van der Waals surface area contributed by atoms with Crippen molar-refractivity contribution in [1.29, 1.82) is 0 Å². The SMILES string of the molecule is CC(O)COC(=O)c1ccccc1.O=C(O)CCCCCCCC(=O)O. The van der Waals surface area contributed by atoms with E-state index in [2.05, 4.69) is 0 Å². The predicted molar refractivity (Wildman–Crippen MR) is 96.0 cm³/mol. The molecule has 7 heteroatoms. The number of ether oxygens (including phenoxy) is 1. The Morgan fingerprint density at radius 2 is 1.35 bits per heavy atom. The molecule has 0 heterocycles. The van der Waals surface area contributed by atoms with E-state index in [0.717, 1.165) is 19.3 Å². The summed E-state index contributed by atoms with van der Waals surface area (Å²) in [5.41, 5.74) is 0.503. The van der Waals surface area contributed by atoms with Gasteiger partial charge in [-0.25, -0.2) is 4.79 Å². The van der Waals surface area contributed by atoms with Crippen LogP contribution in [0.5, 0.6) is 0 Å². The summed E-state index contributed by atoms with van der Waals surface area (Å²) in [4.78, 5) is 31.4. The van der Waals surface area contributed by atoms with Gasteiger partial charge in [0.1, 0.15) is 6.61 Å². The molecule has 0 aliphatic rings. The van der Waals surface area contributed by atoms with Crippen LogP contribution in [0.2, 0.25) is 0 Å². The van der Waals surface area contributed by atoms with E-state index in [4.69, 9.17) is 20.1 Å². The highest BCUT2D eigenvalue weighted by molar-refractivity contribution is 5.89. The monoisotopic (exact) mass is 368 g/mol. The van der Waals surface area contributed by atoms with Crippen LogP contribution < -0.4 is 0 Å². The third-order valence-electron chi connectivity index (χ3n) is 3.25. The van der Waals surface area contributed by atoms with Crippen LogP contribution in [0, 0.1) is 0 Å². The second-order valence-corrected chi connectivity index (χ2v) is 5.87. The van der Waals surface area contributed by atoms with E-state index >= 15 is 0 Å². The van der Waals surface area contributed by atoms with Gasteiger partial charge in [-0.1, -0.05) is 37.5 Å². The minimum Gasteiger partial charge on any atom is -0.481 e. The lowest BCUT2D eigenvalue weighted by Gasteiger charge is -2.05. The molecule has 3 N–H and O–H groups in total. The molecule has 7 nitrogen and oxygen atoms in total. The van der Waals surface area contributed by atoms with Crippen LogP contribution in [0.15, 0.2) is 30.3 Å². The summed E-state index contributed by atoms with van der Waals surface area (Å²) in [6.45, 7) is 1.60. The number of aliphatic carboxylic acids is 2. The Labute approximate surface area is 153 Å². The molecule has 0 saturated carbocycles. The summed E-state index contributed by atoms with van der Waals surface area (Å²) in [5, 5.41) is 25.5. The van der Waals surface area contributed by atoms with E-state index in [0.29, 0.717) is 18.4 Å². The maximum Gasteiger partial charge on any atom is 0.338 e. The van der Waals surface area contributed by atoms with Crippen LogP contribution in [0.4, 0.5) is 0 Å². The molecule has 1 aromatic carbocycles. The number of carbonyl (C=O) groups is 3. The molecule has 0 radical (unpaired) electrons. The highest BCUT2D eigenvalue weighted by Crippen LogP contribution is 2.06. The smallest absolute Gasteiger partial charge is 0.338 e. The maximum absolute atomic E-state index is 11.2. The number of unbranched alkanes of at least 4 members (excludes halogenated alkanes) is 4. The molecule has 0 aromatic heterocycles. The molecule has 0 fully saturated rings. The first-order chi connectivity index (χ1) is 12.3. The Bertz CT molecular complexity index is 508. The number of aliphatic hydroxyl groups excluding tert-OH is 1. The van der Waals surface area contributed by atoms with Gasteiger partial charge in [0.25, 0.3) is 0 Å². The van der Waals surface area contributed by atoms with Gasteiger partial charge in [0.15, 0.2) is 0 Å². The number of rotatable bonds is 11. The lowest BCUT2D eigenvalue weighted by molar-refractivity contribution is -0.138. The highest BCUT2D eigenvalue weighted by Gasteiger charge is 2.06. The zero-order valence-corrected chi connectivity index (χ0v) is 15.1. The second-order valence-electron chi connectivity index (χ2n) is 5.87. The van der Waals surface area contributed by atoms with Crippen LogP contribution in [0.3, 0.4) is 0 Å². The Morgan fingerprint density at radius 1 is 0.885 bits per heavy atom. The number of benzene rings is 1. The number of aliphatic hydroxyl groups is 1. The predicted octanol–water partition coefficient (Wildman–Crippen LogP) is 3.11. The van der Waals surface area contributed by atoms with Gasteiger partial charge in [0.2, 0.25) is 0 Å². The normalized spacial score (nSPS) is 11.0. The first-order valence-electron chi connectivity index (χ1n) is 8.66. The van der Waals surface area contributed by atoms with E-state index in [-0.39, 0.29) is 19.4 Å². The standard InChI is InChI=1S/C10H12O3.C9H16O4/c1-8(11)7-13-10(12)9-5-3-2-4-6-9;10-8(11)6-4-2-1-3-5-7-9(12)13/h2-6,8,11H,7H2,1H3;1-7H2,(H,10,11)(H,12,13). The van der Waals surface area contributed by atoms with Gasteiger partial charge in [-0.05, 0) is 31.9 Å². The average Bonchev–Trinajstić information content (AvgIpc) is 2.59. The van der Waals surface area contributed by atoms with Crippen molar-refractivity contribution in [3.63, 3.8) is 0 Å². The van der Waals surface area contributed by atoms with Crippen molar-refractivity contribution in [3.8, 4) is 0 Å². The largest absolute Gasteiger partial charge is 0.481 e. The molecule has 0 aliphatic heterocycles. The van der Waals surface area contributed by atoms with Crippen molar-refractivity contribution in [2.75, 3.05) is 6.61 Å². The molecule has 1 unspecified atom stereocenters. The molecule has 1 aromatic rings. The molecule has 0 saturated heterocycles. The molecule has 146 valence electrons. The highest BCUT2D eigenvalue weighted by atomic mass is 16.5. The molecule has 0 aliphatic carbocycles. The van der Waals surface area contributed by atoms with Crippen molar-refractivity contribution in [2.45, 2.75) is 58.0 Å². The molecule has 1 atom stereocenters. The van der Waals surface area contributed by atoms with Crippen LogP contribution in [-0.2, 0) is 14.3 Å². The lowest BCUT2D eigenvalue weighted by atomic mass is 10.1. The van der Waals surface area contributed by atoms with E-state index in [9.17, 15) is 14.4 Å². The first-order valence-corrected chi connectivity index (χ1v) is 8.66. The van der Waals surface area contributed by atoms with Gasteiger partial charge in [0, 0.05) is 12.8 Å². The summed E-state index contributed by atoms with van der Waals surface area (Å²) < 4.78 is 4.80. The summed E-state index contributed by atoms with van der Waals surface area (Å²) in [6.07, 6.45) is 3.91. The minimum atomic E-state index is -0.759. The fourth-order valence-corrected chi connectivity index (χ4v) is 1.94. The fourth-order valence-electron chi connectivity index (χ4n) is 1.94. The zero-order chi connectivity index (χ0) is 19.8. The van der Waals surface area contributed by atoms with E-state index in [1.807, 2.05) is 6.07 Å². The third-order valence-corrected chi connectivity index (χ3v) is 3.25. The van der Waals surface area contributed by atoms with Gasteiger partial charge in [0.05, 0.1) is 11.7 Å². The molecule has 1 rings (SSSR count). The Balaban J connectivity index is 0.000000481. The van der Waals surface area contributed by atoms with Crippen molar-refractivity contribution >= 4 is 17.9 Å². The quantitative estimate of drug-likeness (QED) is 0.405. The summed E-state index contributed by atoms with van der Waals surface area (Å²) >= 11 is 0. The van der Waals surface area contributed by atoms with Crippen LogP contribution in [-0.4, -0.2) is 45.9 Å². The number of esters is 1. The molecule has 0 bridgehead atoms. The van der Waals surface area contributed by atoms with E-state index in [1.165, 1.54) is 0 Å². The lowest BCUT2D eigenvalue weighted by Crippen LogP contribution is -2.15. The fraction of sp³-hybridized carbons (Fsp3) is 0.526. The van der Waals surface area contributed by atoms with Crippen molar-refractivity contribution in [2.24, 2.45) is 0 Å². The summed E-state index contributed by atoms with van der Waals surface area (Å²) in [5.74, 6) is -1.92. The topological polar surface area (TPSA) is 121 Å². The molecular formula is C19H28O7. The Kier molecular flexibility index (Phi) is 13.5. The number of carbonyl (C=O) groups excluding carboxylic acids is 1. The van der Waals surface area contributed by atoms with Gasteiger partial charge in [-0.15, -0.1) is 0 Å². The van der Waals surface area contributed by atoms with Crippen LogP contribution in [0.1, 0.15) is 62.2 Å². The number of hydrogen-bond donors (Lipinski definition) is 3. The number of hydrogen-bond acceptors (Lipinski definition) is 5. The summed E-state index contributed by atoms with van der Waals surface area (Å²) in [6, 6.07) is 8.69. The third kappa shape index (κ3) is 15.1. The Morgan fingerprint density at radius 3 is 1.77 bits per heavy atom. The van der Waals surface area contributed by atoms with Gasteiger partial charge in [-0.2, -0.15) is 0 Å². The van der Waals surface area contributed by atoms with Crippen molar-refractivity contribution in [1.82, 2.24) is 0 Å². The summed E-state index contributed by atoms with van der Waals surface area (Å²) in [7, 11) is 0. The maximum atomic E-state index is 11.2. The Hall–Kier alpha value is -2.41. The molecule has 0 amide bonds. The van der Waals surface area contributed by atoms with Crippen LogP contribution in [0.25, 0.3) is 0 Å². The molecular weight excluding hydrogens is 340 g/mol. The second kappa shape index (κ2) is 14.9. The average molecular weight is 368 g/mol. The first kappa shape index (κ1) is 23.6. The minimum absolute atomic E-state index is 0.0354. The van der Waals surface area contributed by atoms with E-state index in [1.54, 1.807) is 31.2 Å². The van der Waals surface area contributed by atoms with E-state index < -0.39 is 24.0 Å². The number of carboxylic acid groups (broad SMARTS) is 2. The van der Waals surface area contributed by atoms with Crippen LogP contribution >= 0.6 is 0 Å². The van der Waals surface area contributed by atoms with Crippen molar-refractivity contribution in [3.05, 3.63) is 35.9 Å². The molecule has 0 spiro atoms. The van der Waals surface area contributed by atoms with Gasteiger partial charge < -0.3 is 20.1 Å².